The number of fused-ring (bicyclic) bond motifs is 2. The lowest BCUT2D eigenvalue weighted by atomic mass is 9.20. The van der Waals surface area contributed by atoms with Crippen LogP contribution in [0.4, 0.5) is 0 Å². The smallest absolute Gasteiger partial charge is 0.0629 e. The lowest BCUT2D eigenvalue weighted by molar-refractivity contribution is 0.350. The largest absolute Gasteiger partial charge is 0.149 e. The molecule has 3 rings (SSSR count). The van der Waals surface area contributed by atoms with Gasteiger partial charge in [0.2, 0.25) is 0 Å². The molecule has 90 valence electrons. The molecule has 16 heavy (non-hydrogen) atoms. The molecule has 3 aliphatic rings. The summed E-state index contributed by atoms with van der Waals surface area (Å²) in [5.41, 5.74) is 0. The van der Waals surface area contributed by atoms with E-state index >= 15 is 0 Å². The van der Waals surface area contributed by atoms with Gasteiger partial charge in [-0.15, -0.1) is 0 Å². The number of hydrogen-bond acceptors (Lipinski definition) is 0. The second-order valence-electron chi connectivity index (χ2n) is 6.88. The Hall–Kier alpha value is 0.0649. The highest BCUT2D eigenvalue weighted by Crippen LogP contribution is 2.54. The Labute approximate surface area is 102 Å². The van der Waals surface area contributed by atoms with Gasteiger partial charge in [0.1, 0.15) is 6.71 Å². The fraction of sp³-hybridized carbons (Fsp3) is 1.00. The summed E-state index contributed by atoms with van der Waals surface area (Å²) in [5, 5.41) is 0. The van der Waals surface area contributed by atoms with Crippen LogP contribution in [0.1, 0.15) is 71.1 Å². The van der Waals surface area contributed by atoms with Crippen LogP contribution >= 0.6 is 0 Å². The first-order valence-corrected chi connectivity index (χ1v) is 7.86. The van der Waals surface area contributed by atoms with Gasteiger partial charge in [-0.25, -0.2) is 0 Å². The van der Waals surface area contributed by atoms with Crippen LogP contribution in [0.15, 0.2) is 0 Å². The molecule has 0 radical (unpaired) electrons. The molecule has 3 fully saturated rings. The van der Waals surface area contributed by atoms with Crippen molar-refractivity contribution in [1.29, 1.82) is 0 Å². The third-order valence-corrected chi connectivity index (χ3v) is 6.06. The molecule has 0 aromatic heterocycles. The Morgan fingerprint density at radius 2 is 1.25 bits per heavy atom. The minimum atomic E-state index is 1.04. The summed E-state index contributed by atoms with van der Waals surface area (Å²) in [4.78, 5) is 0. The van der Waals surface area contributed by atoms with Gasteiger partial charge >= 0.3 is 0 Å². The Kier molecular flexibility index (Phi) is 3.31. The first-order valence-electron chi connectivity index (χ1n) is 7.86. The number of rotatable bonds is 1. The summed E-state index contributed by atoms with van der Waals surface area (Å²) in [6.07, 6.45) is 15.5. The summed E-state index contributed by atoms with van der Waals surface area (Å²) in [6, 6.07) is 0. The monoisotopic (exact) mass is 218 g/mol. The van der Waals surface area contributed by atoms with Gasteiger partial charge in [-0.05, 0) is 5.92 Å². The van der Waals surface area contributed by atoms with E-state index in [-0.39, 0.29) is 0 Å². The van der Waals surface area contributed by atoms with Crippen LogP contribution in [-0.2, 0) is 0 Å². The molecule has 1 heteroatoms. The van der Waals surface area contributed by atoms with Crippen LogP contribution in [0.2, 0.25) is 17.5 Å². The molecular weight excluding hydrogens is 191 g/mol. The molecule has 0 spiro atoms. The predicted molar refractivity (Wildman–Crippen MR) is 72.3 cm³/mol. The molecule has 2 bridgehead atoms. The maximum atomic E-state index is 2.55. The van der Waals surface area contributed by atoms with E-state index < -0.39 is 0 Å². The van der Waals surface area contributed by atoms with Gasteiger partial charge in [0.15, 0.2) is 0 Å². The molecule has 0 aromatic carbocycles. The summed E-state index contributed by atoms with van der Waals surface area (Å²) in [7, 11) is 0. The van der Waals surface area contributed by atoms with E-state index in [1.807, 2.05) is 0 Å². The van der Waals surface area contributed by atoms with Gasteiger partial charge in [-0.2, -0.15) is 0 Å². The zero-order chi connectivity index (χ0) is 11.0. The minimum Gasteiger partial charge on any atom is -0.0629 e. The van der Waals surface area contributed by atoms with Crippen LogP contribution in [0.25, 0.3) is 0 Å². The molecule has 0 N–H and O–H groups in total. The molecule has 1 aliphatic carbocycles. The maximum Gasteiger partial charge on any atom is 0.149 e. The Morgan fingerprint density at radius 3 is 1.81 bits per heavy atom. The molecular formula is C15H27B. The Balaban J connectivity index is 1.75. The van der Waals surface area contributed by atoms with Crippen molar-refractivity contribution in [2.45, 2.75) is 88.6 Å². The van der Waals surface area contributed by atoms with E-state index in [0.29, 0.717) is 0 Å². The van der Waals surface area contributed by atoms with Crippen molar-refractivity contribution in [3.8, 4) is 0 Å². The molecule has 2 unspecified atom stereocenters. The first-order chi connectivity index (χ1) is 7.86. The van der Waals surface area contributed by atoms with Gasteiger partial charge in [-0.1, -0.05) is 88.6 Å². The zero-order valence-corrected chi connectivity index (χ0v) is 11.0. The molecule has 2 aliphatic heterocycles. The average molecular weight is 218 g/mol. The van der Waals surface area contributed by atoms with Gasteiger partial charge < -0.3 is 0 Å². The highest BCUT2D eigenvalue weighted by atomic mass is 14.3. The van der Waals surface area contributed by atoms with Crippen LogP contribution in [0.5, 0.6) is 0 Å². The third kappa shape index (κ3) is 1.95. The summed E-state index contributed by atoms with van der Waals surface area (Å²) < 4.78 is 0. The van der Waals surface area contributed by atoms with Crippen LogP contribution in [0, 0.1) is 5.92 Å². The van der Waals surface area contributed by atoms with Crippen molar-refractivity contribution in [3.63, 3.8) is 0 Å². The van der Waals surface area contributed by atoms with Crippen LogP contribution in [0.3, 0.4) is 0 Å². The van der Waals surface area contributed by atoms with Crippen molar-refractivity contribution in [2.75, 3.05) is 0 Å². The van der Waals surface area contributed by atoms with Gasteiger partial charge in [-0.3, -0.25) is 0 Å². The molecule has 2 heterocycles. The SMILES string of the molecule is CC1CCCCC1B1C2CCCC1CCC2. The summed E-state index contributed by atoms with van der Waals surface area (Å²) in [5.74, 6) is 4.43. The van der Waals surface area contributed by atoms with Crippen LogP contribution in [-0.4, -0.2) is 6.71 Å². The van der Waals surface area contributed by atoms with Gasteiger partial charge in [0.25, 0.3) is 0 Å². The fourth-order valence-corrected chi connectivity index (χ4v) is 5.34. The Bertz CT molecular complexity index is 216. The molecule has 2 atom stereocenters. The Morgan fingerprint density at radius 1 is 0.688 bits per heavy atom. The lowest BCUT2D eigenvalue weighted by Crippen LogP contribution is -2.41. The lowest BCUT2D eigenvalue weighted by Gasteiger charge is -2.47. The predicted octanol–water partition coefficient (Wildman–Crippen LogP) is 5.17. The average Bonchev–Trinajstić information content (AvgIpc) is 2.28. The molecule has 1 saturated carbocycles. The normalized spacial score (nSPS) is 44.4. The maximum absolute atomic E-state index is 2.55. The fourth-order valence-electron chi connectivity index (χ4n) is 5.34. The van der Waals surface area contributed by atoms with Crippen molar-refractivity contribution in [2.24, 2.45) is 5.92 Å². The second-order valence-corrected chi connectivity index (χ2v) is 6.88. The van der Waals surface area contributed by atoms with Crippen molar-refractivity contribution in [3.05, 3.63) is 0 Å². The van der Waals surface area contributed by atoms with Gasteiger partial charge in [0.05, 0.1) is 0 Å². The van der Waals surface area contributed by atoms with E-state index in [9.17, 15) is 0 Å². The topological polar surface area (TPSA) is 0 Å². The molecule has 0 aromatic rings. The van der Waals surface area contributed by atoms with Crippen molar-refractivity contribution < 1.29 is 0 Å². The van der Waals surface area contributed by atoms with E-state index in [0.717, 1.165) is 30.1 Å². The van der Waals surface area contributed by atoms with Crippen molar-refractivity contribution in [1.82, 2.24) is 0 Å². The van der Waals surface area contributed by atoms with Crippen molar-refractivity contribution >= 4 is 6.71 Å². The first kappa shape index (κ1) is 11.2. The van der Waals surface area contributed by atoms with E-state index in [1.54, 1.807) is 44.9 Å². The molecule has 0 nitrogen and oxygen atoms in total. The minimum absolute atomic E-state index is 1.04. The standard InChI is InChI=1S/C15H27B/c1-12-6-2-3-11-15(12)16-13-7-4-8-14(16)10-5-9-13/h12-15H,2-11H2,1H3. The molecule has 0 amide bonds. The van der Waals surface area contributed by atoms with E-state index in [4.69, 9.17) is 0 Å². The highest BCUT2D eigenvalue weighted by Gasteiger charge is 2.45. The van der Waals surface area contributed by atoms with E-state index in [1.165, 1.54) is 19.3 Å². The second kappa shape index (κ2) is 4.74. The summed E-state index contributed by atoms with van der Waals surface area (Å²) in [6.45, 7) is 3.70. The molecule has 2 saturated heterocycles. The van der Waals surface area contributed by atoms with E-state index in [2.05, 4.69) is 6.92 Å². The number of hydrogen-bond donors (Lipinski definition) is 0. The zero-order valence-electron chi connectivity index (χ0n) is 11.0. The third-order valence-electron chi connectivity index (χ3n) is 6.06. The van der Waals surface area contributed by atoms with Crippen LogP contribution < -0.4 is 0 Å². The highest BCUT2D eigenvalue weighted by molar-refractivity contribution is 6.64. The quantitative estimate of drug-likeness (QED) is 0.532. The van der Waals surface area contributed by atoms with Gasteiger partial charge in [0, 0.05) is 0 Å². The summed E-state index contributed by atoms with van der Waals surface area (Å²) >= 11 is 0.